The van der Waals surface area contributed by atoms with Gasteiger partial charge < -0.3 is 10.1 Å². The first-order valence-electron chi connectivity index (χ1n) is 7.89. The van der Waals surface area contributed by atoms with E-state index in [1.807, 2.05) is 36.4 Å². The Morgan fingerprint density at radius 2 is 2.00 bits per heavy atom. The number of allylic oxidation sites excluding steroid dienone is 1. The smallest absolute Gasteiger partial charge is 0.119 e. The maximum Gasteiger partial charge on any atom is 0.119 e. The maximum absolute atomic E-state index is 5.86. The number of nitrogens with one attached hydrogen (secondary N) is 1. The van der Waals surface area contributed by atoms with Crippen molar-refractivity contribution in [2.45, 2.75) is 51.5 Å². The van der Waals surface area contributed by atoms with Gasteiger partial charge in [0.1, 0.15) is 12.4 Å². The standard InChI is InChI=1S/C18H29NO/c1-3-5-6-7-9-12-17(19-15-4-2)16-20-18-13-10-8-11-14-18/h3,8,10-11,13-14,17,19H,1,4-7,9,12,15-16H2,2H3. The minimum absolute atomic E-state index is 0.457. The fourth-order valence-electron chi connectivity index (χ4n) is 2.16. The first-order valence-corrected chi connectivity index (χ1v) is 7.89. The van der Waals surface area contributed by atoms with Crippen LogP contribution >= 0.6 is 0 Å². The van der Waals surface area contributed by atoms with E-state index in [9.17, 15) is 0 Å². The molecule has 1 rings (SSSR count). The number of rotatable bonds is 12. The second kappa shape index (κ2) is 11.5. The molecular formula is C18H29NO. The van der Waals surface area contributed by atoms with E-state index < -0.39 is 0 Å². The van der Waals surface area contributed by atoms with Crippen molar-refractivity contribution in [3.63, 3.8) is 0 Å². The Bertz CT molecular complexity index is 337. The Labute approximate surface area is 124 Å². The average Bonchev–Trinajstić information content (AvgIpc) is 2.50. The predicted molar refractivity (Wildman–Crippen MR) is 87.3 cm³/mol. The van der Waals surface area contributed by atoms with Crippen LogP contribution in [0.4, 0.5) is 0 Å². The van der Waals surface area contributed by atoms with Gasteiger partial charge in [-0.15, -0.1) is 6.58 Å². The predicted octanol–water partition coefficient (Wildman–Crippen LogP) is 4.57. The molecule has 0 saturated carbocycles. The van der Waals surface area contributed by atoms with Crippen molar-refractivity contribution in [2.75, 3.05) is 13.2 Å². The average molecular weight is 275 g/mol. The van der Waals surface area contributed by atoms with Crippen LogP contribution in [0, 0.1) is 0 Å². The normalized spacial score (nSPS) is 12.1. The summed E-state index contributed by atoms with van der Waals surface area (Å²) in [6.45, 7) is 7.79. The van der Waals surface area contributed by atoms with Gasteiger partial charge in [-0.2, -0.15) is 0 Å². The van der Waals surface area contributed by atoms with Crippen LogP contribution in [0.2, 0.25) is 0 Å². The van der Waals surface area contributed by atoms with Crippen molar-refractivity contribution in [1.29, 1.82) is 0 Å². The zero-order valence-electron chi connectivity index (χ0n) is 12.8. The molecular weight excluding hydrogens is 246 g/mol. The zero-order chi connectivity index (χ0) is 14.5. The van der Waals surface area contributed by atoms with Crippen LogP contribution in [0.5, 0.6) is 5.75 Å². The molecule has 0 bridgehead atoms. The van der Waals surface area contributed by atoms with Crippen molar-refractivity contribution < 1.29 is 4.74 Å². The third-order valence-electron chi connectivity index (χ3n) is 3.34. The van der Waals surface area contributed by atoms with Crippen LogP contribution < -0.4 is 10.1 Å². The van der Waals surface area contributed by atoms with Gasteiger partial charge in [0.2, 0.25) is 0 Å². The third-order valence-corrected chi connectivity index (χ3v) is 3.34. The minimum atomic E-state index is 0.457. The van der Waals surface area contributed by atoms with Gasteiger partial charge in [-0.05, 0) is 44.4 Å². The highest BCUT2D eigenvalue weighted by molar-refractivity contribution is 5.20. The van der Waals surface area contributed by atoms with Crippen LogP contribution in [0.25, 0.3) is 0 Å². The molecule has 1 aromatic rings. The van der Waals surface area contributed by atoms with E-state index in [4.69, 9.17) is 4.74 Å². The van der Waals surface area contributed by atoms with Crippen molar-refractivity contribution in [3.05, 3.63) is 43.0 Å². The molecule has 0 amide bonds. The third kappa shape index (κ3) is 8.00. The second-order valence-corrected chi connectivity index (χ2v) is 5.20. The molecule has 0 spiro atoms. The van der Waals surface area contributed by atoms with Crippen molar-refractivity contribution in [3.8, 4) is 5.75 Å². The van der Waals surface area contributed by atoms with Gasteiger partial charge in [0.15, 0.2) is 0 Å². The number of hydrogen-bond donors (Lipinski definition) is 1. The molecule has 1 aromatic carbocycles. The molecule has 0 aromatic heterocycles. The Kier molecular flexibility index (Phi) is 9.68. The van der Waals surface area contributed by atoms with E-state index in [1.165, 1.54) is 25.7 Å². The summed E-state index contributed by atoms with van der Waals surface area (Å²) < 4.78 is 5.86. The van der Waals surface area contributed by atoms with E-state index in [-0.39, 0.29) is 0 Å². The van der Waals surface area contributed by atoms with Crippen LogP contribution in [0.3, 0.4) is 0 Å². The van der Waals surface area contributed by atoms with E-state index in [0.29, 0.717) is 6.04 Å². The van der Waals surface area contributed by atoms with Gasteiger partial charge in [-0.25, -0.2) is 0 Å². The second-order valence-electron chi connectivity index (χ2n) is 5.20. The lowest BCUT2D eigenvalue weighted by molar-refractivity contribution is 0.253. The molecule has 2 nitrogen and oxygen atoms in total. The fourth-order valence-corrected chi connectivity index (χ4v) is 2.16. The summed E-state index contributed by atoms with van der Waals surface area (Å²) in [6.07, 6.45) is 9.28. The van der Waals surface area contributed by atoms with Gasteiger partial charge in [-0.1, -0.05) is 44.0 Å². The number of ether oxygens (including phenoxy) is 1. The molecule has 0 heterocycles. The summed E-state index contributed by atoms with van der Waals surface area (Å²) in [7, 11) is 0. The maximum atomic E-state index is 5.86. The van der Waals surface area contributed by atoms with Gasteiger partial charge in [0, 0.05) is 6.04 Å². The Hall–Kier alpha value is -1.28. The molecule has 1 N–H and O–H groups in total. The van der Waals surface area contributed by atoms with Crippen LogP contribution in [0.15, 0.2) is 43.0 Å². The van der Waals surface area contributed by atoms with Crippen molar-refractivity contribution >= 4 is 0 Å². The molecule has 0 aliphatic heterocycles. The molecule has 0 radical (unpaired) electrons. The van der Waals surface area contributed by atoms with Gasteiger partial charge in [0.05, 0.1) is 0 Å². The summed E-state index contributed by atoms with van der Waals surface area (Å²) in [5, 5.41) is 3.59. The molecule has 112 valence electrons. The highest BCUT2D eigenvalue weighted by atomic mass is 16.5. The quantitative estimate of drug-likeness (QED) is 0.445. The molecule has 1 unspecified atom stereocenters. The molecule has 0 fully saturated rings. The largest absolute Gasteiger partial charge is 0.492 e. The first-order chi connectivity index (χ1) is 9.86. The van der Waals surface area contributed by atoms with Crippen molar-refractivity contribution in [1.82, 2.24) is 5.32 Å². The van der Waals surface area contributed by atoms with E-state index in [1.54, 1.807) is 0 Å². The van der Waals surface area contributed by atoms with Gasteiger partial charge >= 0.3 is 0 Å². The van der Waals surface area contributed by atoms with E-state index in [2.05, 4.69) is 18.8 Å². The summed E-state index contributed by atoms with van der Waals surface area (Å²) in [5.41, 5.74) is 0. The highest BCUT2D eigenvalue weighted by Gasteiger charge is 2.08. The molecule has 1 atom stereocenters. The fraction of sp³-hybridized carbons (Fsp3) is 0.556. The lowest BCUT2D eigenvalue weighted by atomic mass is 10.1. The molecule has 2 heteroatoms. The lowest BCUT2D eigenvalue weighted by Gasteiger charge is -2.19. The van der Waals surface area contributed by atoms with Gasteiger partial charge in [-0.3, -0.25) is 0 Å². The van der Waals surface area contributed by atoms with Crippen LogP contribution in [0.1, 0.15) is 45.4 Å². The number of benzene rings is 1. The lowest BCUT2D eigenvalue weighted by Crippen LogP contribution is -2.35. The van der Waals surface area contributed by atoms with Crippen LogP contribution in [-0.2, 0) is 0 Å². The number of para-hydroxylation sites is 1. The number of unbranched alkanes of at least 4 members (excludes halogenated alkanes) is 3. The molecule has 0 aliphatic carbocycles. The Morgan fingerprint density at radius 3 is 2.70 bits per heavy atom. The number of hydrogen-bond acceptors (Lipinski definition) is 2. The molecule has 0 aliphatic rings. The molecule has 0 saturated heterocycles. The Morgan fingerprint density at radius 1 is 1.20 bits per heavy atom. The SMILES string of the molecule is C=CCCCCCC(COc1ccccc1)NCCC. The Balaban J connectivity index is 2.25. The zero-order valence-corrected chi connectivity index (χ0v) is 12.8. The highest BCUT2D eigenvalue weighted by Crippen LogP contribution is 2.11. The monoisotopic (exact) mass is 275 g/mol. The summed E-state index contributed by atoms with van der Waals surface area (Å²) in [4.78, 5) is 0. The van der Waals surface area contributed by atoms with E-state index >= 15 is 0 Å². The van der Waals surface area contributed by atoms with E-state index in [0.717, 1.165) is 31.7 Å². The summed E-state index contributed by atoms with van der Waals surface area (Å²) in [6, 6.07) is 10.5. The first kappa shape index (κ1) is 16.8. The molecule has 20 heavy (non-hydrogen) atoms. The topological polar surface area (TPSA) is 21.3 Å². The van der Waals surface area contributed by atoms with Crippen LogP contribution in [-0.4, -0.2) is 19.2 Å². The van der Waals surface area contributed by atoms with Gasteiger partial charge in [0.25, 0.3) is 0 Å². The minimum Gasteiger partial charge on any atom is -0.492 e. The summed E-state index contributed by atoms with van der Waals surface area (Å²) in [5.74, 6) is 0.961. The van der Waals surface area contributed by atoms with Crippen molar-refractivity contribution in [2.24, 2.45) is 0 Å². The summed E-state index contributed by atoms with van der Waals surface area (Å²) >= 11 is 0.